The summed E-state index contributed by atoms with van der Waals surface area (Å²) in [4.78, 5) is 2.08. The smallest absolute Gasteiger partial charge is 0.370 e. The minimum atomic E-state index is -4.25. The summed E-state index contributed by atoms with van der Waals surface area (Å²) >= 11 is 0. The van der Waals surface area contributed by atoms with Crippen LogP contribution in [0.25, 0.3) is 0 Å². The van der Waals surface area contributed by atoms with E-state index in [1.165, 1.54) is 11.1 Å². The predicted octanol–water partition coefficient (Wildman–Crippen LogP) is 2.91. The highest BCUT2D eigenvalue weighted by Gasteiger charge is 2.27. The van der Waals surface area contributed by atoms with Crippen molar-refractivity contribution in [1.82, 2.24) is 5.32 Å². The maximum absolute atomic E-state index is 12.0. The van der Waals surface area contributed by atoms with Gasteiger partial charge in [0.1, 0.15) is 6.61 Å². The standard InChI is InChI=1S/C15H21F3N2O/c1-11(19-2)12-3-4-14-13(9-12)5-6-20(14)7-8-21-10-15(16,17)18/h3-4,9,11,19H,5-8,10H2,1-2H3. The molecule has 0 fully saturated rings. The molecule has 6 heteroatoms. The highest BCUT2D eigenvalue weighted by Crippen LogP contribution is 2.30. The lowest BCUT2D eigenvalue weighted by Crippen LogP contribution is -2.27. The molecule has 0 aromatic heterocycles. The molecule has 0 amide bonds. The van der Waals surface area contributed by atoms with Gasteiger partial charge in [-0.3, -0.25) is 0 Å². The van der Waals surface area contributed by atoms with Crippen LogP contribution in [0.1, 0.15) is 24.1 Å². The minimum absolute atomic E-state index is 0.0909. The molecule has 0 bridgehead atoms. The number of ether oxygens (including phenoxy) is 1. The number of rotatable bonds is 6. The maximum atomic E-state index is 12.0. The quantitative estimate of drug-likeness (QED) is 0.818. The summed E-state index contributed by atoms with van der Waals surface area (Å²) in [5.74, 6) is 0. The Morgan fingerprint density at radius 3 is 2.81 bits per heavy atom. The Hall–Kier alpha value is -1.27. The highest BCUT2D eigenvalue weighted by atomic mass is 19.4. The average molecular weight is 302 g/mol. The fourth-order valence-corrected chi connectivity index (χ4v) is 2.52. The molecule has 1 unspecified atom stereocenters. The van der Waals surface area contributed by atoms with Crippen molar-refractivity contribution in [1.29, 1.82) is 0 Å². The first-order chi connectivity index (χ1) is 9.90. The van der Waals surface area contributed by atoms with Crippen molar-refractivity contribution in [2.24, 2.45) is 0 Å². The number of hydrogen-bond donors (Lipinski definition) is 1. The molecule has 21 heavy (non-hydrogen) atoms. The average Bonchev–Trinajstić information content (AvgIpc) is 2.84. The van der Waals surface area contributed by atoms with Crippen LogP contribution in [0.3, 0.4) is 0 Å². The zero-order chi connectivity index (χ0) is 15.5. The van der Waals surface area contributed by atoms with Crippen molar-refractivity contribution in [3.63, 3.8) is 0 Å². The van der Waals surface area contributed by atoms with Crippen LogP contribution in [0.4, 0.5) is 18.9 Å². The van der Waals surface area contributed by atoms with Gasteiger partial charge in [-0.1, -0.05) is 12.1 Å². The first-order valence-electron chi connectivity index (χ1n) is 7.10. The normalized spacial score (nSPS) is 16.1. The van der Waals surface area contributed by atoms with Gasteiger partial charge in [-0.25, -0.2) is 0 Å². The monoisotopic (exact) mass is 302 g/mol. The van der Waals surface area contributed by atoms with Crippen LogP contribution >= 0.6 is 0 Å². The fourth-order valence-electron chi connectivity index (χ4n) is 2.52. The molecule has 1 aromatic carbocycles. The summed E-state index contributed by atoms with van der Waals surface area (Å²) in [7, 11) is 1.92. The van der Waals surface area contributed by atoms with E-state index in [1.807, 2.05) is 7.05 Å². The first-order valence-corrected chi connectivity index (χ1v) is 7.10. The molecule has 0 saturated carbocycles. The van der Waals surface area contributed by atoms with Gasteiger partial charge in [0.2, 0.25) is 0 Å². The molecule has 1 atom stereocenters. The molecule has 0 saturated heterocycles. The number of benzene rings is 1. The van der Waals surface area contributed by atoms with Gasteiger partial charge in [-0.2, -0.15) is 13.2 Å². The second-order valence-corrected chi connectivity index (χ2v) is 5.30. The van der Waals surface area contributed by atoms with E-state index in [9.17, 15) is 13.2 Å². The lowest BCUT2D eigenvalue weighted by molar-refractivity contribution is -0.173. The largest absolute Gasteiger partial charge is 0.411 e. The van der Waals surface area contributed by atoms with Crippen molar-refractivity contribution in [2.75, 3.05) is 38.3 Å². The summed E-state index contributed by atoms with van der Waals surface area (Å²) in [5.41, 5.74) is 3.59. The Morgan fingerprint density at radius 1 is 1.38 bits per heavy atom. The summed E-state index contributed by atoms with van der Waals surface area (Å²) < 4.78 is 40.7. The summed E-state index contributed by atoms with van der Waals surface area (Å²) in [6.45, 7) is 2.34. The second kappa shape index (κ2) is 6.66. The number of nitrogens with one attached hydrogen (secondary N) is 1. The lowest BCUT2D eigenvalue weighted by atomic mass is 10.0. The lowest BCUT2D eigenvalue weighted by Gasteiger charge is -2.20. The van der Waals surface area contributed by atoms with E-state index in [4.69, 9.17) is 0 Å². The van der Waals surface area contributed by atoms with Gasteiger partial charge in [0.05, 0.1) is 6.61 Å². The Labute approximate surface area is 123 Å². The number of nitrogens with zero attached hydrogens (tertiary/aromatic N) is 1. The molecule has 118 valence electrons. The van der Waals surface area contributed by atoms with Crippen molar-refractivity contribution in [3.05, 3.63) is 29.3 Å². The van der Waals surface area contributed by atoms with E-state index in [0.717, 1.165) is 18.7 Å². The van der Waals surface area contributed by atoms with Crippen molar-refractivity contribution in [3.8, 4) is 0 Å². The van der Waals surface area contributed by atoms with Crippen LogP contribution in [0.15, 0.2) is 18.2 Å². The number of alkyl halides is 3. The predicted molar refractivity (Wildman–Crippen MR) is 76.7 cm³/mol. The highest BCUT2D eigenvalue weighted by molar-refractivity contribution is 5.59. The van der Waals surface area contributed by atoms with Gasteiger partial charge < -0.3 is 15.0 Å². The van der Waals surface area contributed by atoms with Crippen LogP contribution in [0.2, 0.25) is 0 Å². The van der Waals surface area contributed by atoms with Crippen LogP contribution in [0, 0.1) is 0 Å². The van der Waals surface area contributed by atoms with Crippen LogP contribution in [-0.2, 0) is 11.2 Å². The SMILES string of the molecule is CNC(C)c1ccc2c(c1)CCN2CCOCC(F)(F)F. The van der Waals surface area contributed by atoms with Crippen LogP contribution in [0.5, 0.6) is 0 Å². The van der Waals surface area contributed by atoms with Gasteiger partial charge >= 0.3 is 6.18 Å². The number of anilines is 1. The Kier molecular flexibility index (Phi) is 5.11. The summed E-state index contributed by atoms with van der Waals surface area (Å²) in [6.07, 6.45) is -3.32. The number of hydrogen-bond acceptors (Lipinski definition) is 3. The zero-order valence-electron chi connectivity index (χ0n) is 12.3. The molecule has 0 aliphatic carbocycles. The topological polar surface area (TPSA) is 24.5 Å². The minimum Gasteiger partial charge on any atom is -0.370 e. The molecule has 1 aliphatic heterocycles. The van der Waals surface area contributed by atoms with Crippen LogP contribution in [-0.4, -0.2) is 39.5 Å². The van der Waals surface area contributed by atoms with Crippen LogP contribution < -0.4 is 10.2 Å². The first kappa shape index (κ1) is 16.1. The third kappa shape index (κ3) is 4.35. The third-order valence-electron chi connectivity index (χ3n) is 3.80. The van der Waals surface area contributed by atoms with E-state index in [-0.39, 0.29) is 6.61 Å². The zero-order valence-corrected chi connectivity index (χ0v) is 12.3. The molecule has 1 heterocycles. The molecule has 0 radical (unpaired) electrons. The Morgan fingerprint density at radius 2 is 2.14 bits per heavy atom. The number of halogens is 3. The molecule has 1 aromatic rings. The Bertz CT molecular complexity index is 476. The molecule has 1 N–H and O–H groups in total. The summed E-state index contributed by atoms with van der Waals surface area (Å²) in [5, 5.41) is 3.20. The molecule has 3 nitrogen and oxygen atoms in total. The molecule has 1 aliphatic rings. The van der Waals surface area contributed by atoms with E-state index in [0.29, 0.717) is 12.6 Å². The molecule has 2 rings (SSSR count). The van der Waals surface area contributed by atoms with E-state index >= 15 is 0 Å². The summed E-state index contributed by atoms with van der Waals surface area (Å²) in [6, 6.07) is 6.58. The second-order valence-electron chi connectivity index (χ2n) is 5.30. The maximum Gasteiger partial charge on any atom is 0.411 e. The molecular formula is C15H21F3N2O. The van der Waals surface area contributed by atoms with Gasteiger partial charge in [-0.05, 0) is 37.6 Å². The number of fused-ring (bicyclic) bond motifs is 1. The van der Waals surface area contributed by atoms with Crippen molar-refractivity contribution < 1.29 is 17.9 Å². The van der Waals surface area contributed by atoms with Crippen molar-refractivity contribution in [2.45, 2.75) is 25.6 Å². The Balaban J connectivity index is 1.90. The van der Waals surface area contributed by atoms with Crippen molar-refractivity contribution >= 4 is 5.69 Å². The fraction of sp³-hybridized carbons (Fsp3) is 0.600. The van der Waals surface area contributed by atoms with E-state index in [1.54, 1.807) is 0 Å². The molecule has 0 spiro atoms. The van der Waals surface area contributed by atoms with E-state index < -0.39 is 12.8 Å². The third-order valence-corrected chi connectivity index (χ3v) is 3.80. The van der Waals surface area contributed by atoms with Gasteiger partial charge in [0.25, 0.3) is 0 Å². The van der Waals surface area contributed by atoms with Gasteiger partial charge in [0, 0.05) is 24.8 Å². The van der Waals surface area contributed by atoms with Gasteiger partial charge in [-0.15, -0.1) is 0 Å². The van der Waals surface area contributed by atoms with Gasteiger partial charge in [0.15, 0.2) is 0 Å². The van der Waals surface area contributed by atoms with E-state index in [2.05, 4.69) is 40.1 Å². The molecular weight excluding hydrogens is 281 g/mol.